The van der Waals surface area contributed by atoms with Crippen LogP contribution in [0.4, 0.5) is 0 Å². The normalized spacial score (nSPS) is 26.0. The molecule has 0 bridgehead atoms. The molecule has 2 nitrogen and oxygen atoms in total. The van der Waals surface area contributed by atoms with E-state index in [0.717, 1.165) is 18.6 Å². The van der Waals surface area contributed by atoms with Crippen LogP contribution >= 0.6 is 0 Å². The van der Waals surface area contributed by atoms with Gasteiger partial charge in [-0.05, 0) is 68.2 Å². The van der Waals surface area contributed by atoms with Gasteiger partial charge in [-0.1, -0.05) is 24.6 Å². The van der Waals surface area contributed by atoms with Crippen LogP contribution in [0.5, 0.6) is 0 Å². The van der Waals surface area contributed by atoms with E-state index in [0.29, 0.717) is 0 Å². The maximum Gasteiger partial charge on any atom is 0.0237 e. The zero-order valence-electron chi connectivity index (χ0n) is 13.1. The van der Waals surface area contributed by atoms with Crippen LogP contribution in [0, 0.1) is 0 Å². The minimum atomic E-state index is 0.757. The molecule has 2 heteroatoms. The molecular weight excluding hydrogens is 256 g/mol. The molecule has 0 amide bonds. The minimum Gasteiger partial charge on any atom is -0.312 e. The van der Waals surface area contributed by atoms with E-state index in [-0.39, 0.29) is 0 Å². The Bertz CT molecular complexity index is 492. The minimum absolute atomic E-state index is 0.757. The average Bonchev–Trinajstić information content (AvgIpc) is 3.22. The number of fused-ring (bicyclic) bond motifs is 1. The highest BCUT2D eigenvalue weighted by Gasteiger charge is 2.26. The second-order valence-corrected chi connectivity index (χ2v) is 7.26. The fourth-order valence-electron chi connectivity index (χ4n) is 4.05. The second kappa shape index (κ2) is 6.10. The van der Waals surface area contributed by atoms with Crippen molar-refractivity contribution in [1.82, 2.24) is 10.2 Å². The maximum absolute atomic E-state index is 3.74. The van der Waals surface area contributed by atoms with E-state index in [1.54, 1.807) is 11.1 Å². The first-order chi connectivity index (χ1) is 10.4. The zero-order chi connectivity index (χ0) is 14.1. The lowest BCUT2D eigenvalue weighted by atomic mass is 10.00. The van der Waals surface area contributed by atoms with Crippen LogP contribution in [-0.4, -0.2) is 30.1 Å². The van der Waals surface area contributed by atoms with Crippen LogP contribution in [0.1, 0.15) is 55.2 Å². The Morgan fingerprint density at radius 1 is 1.00 bits per heavy atom. The summed E-state index contributed by atoms with van der Waals surface area (Å²) < 4.78 is 0. The molecule has 0 radical (unpaired) electrons. The third-order valence-corrected chi connectivity index (χ3v) is 5.52. The van der Waals surface area contributed by atoms with Gasteiger partial charge in [0.25, 0.3) is 0 Å². The Labute approximate surface area is 128 Å². The Kier molecular flexibility index (Phi) is 4.00. The van der Waals surface area contributed by atoms with E-state index in [4.69, 9.17) is 0 Å². The molecule has 1 saturated carbocycles. The molecular formula is C19H28N2. The molecule has 1 heterocycles. The lowest BCUT2D eigenvalue weighted by Gasteiger charge is -2.36. The SMILES string of the molecule is c1cc2c(cc1CN1CCCCC1CNC1CC1)CCC2. The van der Waals surface area contributed by atoms with E-state index >= 15 is 0 Å². The van der Waals surface area contributed by atoms with Crippen molar-refractivity contribution in [3.05, 3.63) is 34.9 Å². The van der Waals surface area contributed by atoms with Crippen molar-refractivity contribution in [2.45, 2.75) is 70.0 Å². The molecule has 114 valence electrons. The summed E-state index contributed by atoms with van der Waals surface area (Å²) >= 11 is 0. The van der Waals surface area contributed by atoms with E-state index < -0.39 is 0 Å². The van der Waals surface area contributed by atoms with Crippen LogP contribution < -0.4 is 5.32 Å². The Hall–Kier alpha value is -0.860. The molecule has 1 saturated heterocycles. The monoisotopic (exact) mass is 284 g/mol. The third-order valence-electron chi connectivity index (χ3n) is 5.52. The number of piperidine rings is 1. The van der Waals surface area contributed by atoms with Crippen molar-refractivity contribution in [2.24, 2.45) is 0 Å². The summed E-state index contributed by atoms with van der Waals surface area (Å²) in [6.45, 7) is 3.65. The van der Waals surface area contributed by atoms with Gasteiger partial charge in [0.2, 0.25) is 0 Å². The number of aryl methyl sites for hydroxylation is 2. The highest BCUT2D eigenvalue weighted by Crippen LogP contribution is 2.26. The van der Waals surface area contributed by atoms with Crippen LogP contribution in [-0.2, 0) is 19.4 Å². The molecule has 1 aliphatic heterocycles. The van der Waals surface area contributed by atoms with Crippen LogP contribution in [0.2, 0.25) is 0 Å². The summed E-state index contributed by atoms with van der Waals surface area (Å²) in [5.41, 5.74) is 4.76. The number of likely N-dealkylation sites (tertiary alicyclic amines) is 1. The van der Waals surface area contributed by atoms with Gasteiger partial charge >= 0.3 is 0 Å². The summed E-state index contributed by atoms with van der Waals surface area (Å²) in [7, 11) is 0. The van der Waals surface area contributed by atoms with E-state index in [1.165, 1.54) is 70.0 Å². The van der Waals surface area contributed by atoms with Crippen molar-refractivity contribution in [1.29, 1.82) is 0 Å². The van der Waals surface area contributed by atoms with E-state index in [9.17, 15) is 0 Å². The largest absolute Gasteiger partial charge is 0.312 e. The first kappa shape index (κ1) is 13.8. The van der Waals surface area contributed by atoms with Gasteiger partial charge < -0.3 is 5.32 Å². The lowest BCUT2D eigenvalue weighted by molar-refractivity contribution is 0.137. The molecule has 1 aromatic carbocycles. The number of benzene rings is 1. The number of rotatable bonds is 5. The van der Waals surface area contributed by atoms with Gasteiger partial charge in [0.15, 0.2) is 0 Å². The lowest BCUT2D eigenvalue weighted by Crippen LogP contribution is -2.45. The quantitative estimate of drug-likeness (QED) is 0.892. The molecule has 21 heavy (non-hydrogen) atoms. The predicted molar refractivity (Wildman–Crippen MR) is 87.5 cm³/mol. The third kappa shape index (κ3) is 3.32. The summed E-state index contributed by atoms with van der Waals surface area (Å²) in [6.07, 6.45) is 10.9. The molecule has 2 fully saturated rings. The van der Waals surface area contributed by atoms with Gasteiger partial charge in [-0.15, -0.1) is 0 Å². The Balaban J connectivity index is 1.40. The van der Waals surface area contributed by atoms with Crippen LogP contribution in [0.3, 0.4) is 0 Å². The van der Waals surface area contributed by atoms with Crippen molar-refractivity contribution < 1.29 is 0 Å². The summed E-state index contributed by atoms with van der Waals surface area (Å²) in [5, 5.41) is 3.74. The van der Waals surface area contributed by atoms with E-state index in [2.05, 4.69) is 28.4 Å². The summed E-state index contributed by atoms with van der Waals surface area (Å²) in [5.74, 6) is 0. The number of nitrogens with zero attached hydrogens (tertiary/aromatic N) is 1. The highest BCUT2D eigenvalue weighted by molar-refractivity contribution is 5.35. The maximum atomic E-state index is 3.74. The molecule has 0 spiro atoms. The first-order valence-corrected chi connectivity index (χ1v) is 8.96. The average molecular weight is 284 g/mol. The van der Waals surface area contributed by atoms with E-state index in [1.807, 2.05) is 0 Å². The molecule has 0 aromatic heterocycles. The molecule has 1 N–H and O–H groups in total. The second-order valence-electron chi connectivity index (χ2n) is 7.26. The Morgan fingerprint density at radius 2 is 1.90 bits per heavy atom. The number of hydrogen-bond acceptors (Lipinski definition) is 2. The van der Waals surface area contributed by atoms with Crippen molar-refractivity contribution in [3.63, 3.8) is 0 Å². The van der Waals surface area contributed by atoms with Crippen molar-refractivity contribution in [3.8, 4) is 0 Å². The smallest absolute Gasteiger partial charge is 0.0237 e. The highest BCUT2D eigenvalue weighted by atomic mass is 15.2. The van der Waals surface area contributed by atoms with Gasteiger partial charge in [-0.25, -0.2) is 0 Å². The van der Waals surface area contributed by atoms with Gasteiger partial charge in [0.05, 0.1) is 0 Å². The molecule has 3 aliphatic rings. The van der Waals surface area contributed by atoms with Gasteiger partial charge in [-0.3, -0.25) is 4.90 Å². The topological polar surface area (TPSA) is 15.3 Å². The first-order valence-electron chi connectivity index (χ1n) is 8.96. The van der Waals surface area contributed by atoms with Gasteiger partial charge in [0.1, 0.15) is 0 Å². The number of hydrogen-bond donors (Lipinski definition) is 1. The standard InChI is InChI=1S/C19H28N2/c1-2-11-21(19(6-1)13-20-18-9-10-18)14-15-7-8-16-4-3-5-17(16)12-15/h7-8,12,18-20H,1-6,9-11,13-14H2. The molecule has 1 atom stereocenters. The van der Waals surface area contributed by atoms with Crippen LogP contribution in [0.15, 0.2) is 18.2 Å². The summed E-state index contributed by atoms with van der Waals surface area (Å²) in [4.78, 5) is 2.73. The van der Waals surface area contributed by atoms with Crippen LogP contribution in [0.25, 0.3) is 0 Å². The molecule has 2 aliphatic carbocycles. The zero-order valence-corrected chi connectivity index (χ0v) is 13.1. The van der Waals surface area contributed by atoms with Gasteiger partial charge in [0, 0.05) is 25.2 Å². The predicted octanol–water partition coefficient (Wildman–Crippen LogP) is 3.28. The fraction of sp³-hybridized carbons (Fsp3) is 0.684. The summed E-state index contributed by atoms with van der Waals surface area (Å²) in [6, 6.07) is 8.85. The Morgan fingerprint density at radius 3 is 2.81 bits per heavy atom. The molecule has 1 unspecified atom stereocenters. The molecule has 1 aromatic rings. The fourth-order valence-corrected chi connectivity index (χ4v) is 4.05. The molecule has 4 rings (SSSR count). The van der Waals surface area contributed by atoms with Crippen molar-refractivity contribution in [2.75, 3.05) is 13.1 Å². The van der Waals surface area contributed by atoms with Gasteiger partial charge in [-0.2, -0.15) is 0 Å². The number of nitrogens with one attached hydrogen (secondary N) is 1. The van der Waals surface area contributed by atoms with Crippen molar-refractivity contribution >= 4 is 0 Å².